The molecule has 1 amide bonds. The van der Waals surface area contributed by atoms with E-state index in [4.69, 9.17) is 4.74 Å². The number of amides is 1. The van der Waals surface area contributed by atoms with Gasteiger partial charge in [0.1, 0.15) is 0 Å². The first kappa shape index (κ1) is 23.0. The lowest BCUT2D eigenvalue weighted by atomic mass is 9.99. The zero-order valence-corrected chi connectivity index (χ0v) is 20.0. The second-order valence-electron chi connectivity index (χ2n) is 8.96. The number of fused-ring (bicyclic) bond motifs is 1. The number of pyridine rings is 2. The summed E-state index contributed by atoms with van der Waals surface area (Å²) in [5, 5.41) is 0.460. The molecule has 33 heavy (non-hydrogen) atoms. The highest BCUT2D eigenvalue weighted by atomic mass is 32.2. The van der Waals surface area contributed by atoms with Crippen molar-refractivity contribution in [1.29, 1.82) is 0 Å². The molecule has 0 radical (unpaired) electrons. The minimum Gasteiger partial charge on any atom is -0.477 e. The van der Waals surface area contributed by atoms with Crippen LogP contribution in [0.25, 0.3) is 10.9 Å². The lowest BCUT2D eigenvalue weighted by molar-refractivity contribution is -0.121. The van der Waals surface area contributed by atoms with Gasteiger partial charge in [0.25, 0.3) is 10.0 Å². The molecule has 3 aromatic rings. The van der Waals surface area contributed by atoms with Gasteiger partial charge in [0.2, 0.25) is 11.8 Å². The first-order chi connectivity index (χ1) is 15.6. The molecule has 1 aromatic carbocycles. The minimum atomic E-state index is -4.11. The summed E-state index contributed by atoms with van der Waals surface area (Å²) in [7, 11) is -0.386. The van der Waals surface area contributed by atoms with Crippen molar-refractivity contribution in [2.24, 2.45) is 5.92 Å². The van der Waals surface area contributed by atoms with E-state index in [9.17, 15) is 13.2 Å². The van der Waals surface area contributed by atoms with Crippen LogP contribution in [-0.4, -0.2) is 45.0 Å². The Labute approximate surface area is 194 Å². The predicted molar refractivity (Wildman–Crippen MR) is 127 cm³/mol. The highest BCUT2D eigenvalue weighted by Crippen LogP contribution is 2.51. The molecule has 9 heteroatoms. The van der Waals surface area contributed by atoms with Crippen LogP contribution < -0.4 is 14.4 Å². The van der Waals surface area contributed by atoms with Crippen molar-refractivity contribution >= 4 is 32.5 Å². The van der Waals surface area contributed by atoms with Crippen LogP contribution in [0.3, 0.4) is 0 Å². The number of carbonyl (C=O) groups excluding carboxylic acids is 1. The maximum atomic E-state index is 13.4. The fraction of sp³-hybridized carbons (Fsp3) is 0.375. The van der Waals surface area contributed by atoms with Gasteiger partial charge in [-0.1, -0.05) is 19.9 Å². The van der Waals surface area contributed by atoms with E-state index in [0.29, 0.717) is 47.8 Å². The van der Waals surface area contributed by atoms with Gasteiger partial charge in [0, 0.05) is 31.7 Å². The third kappa shape index (κ3) is 4.50. The highest BCUT2D eigenvalue weighted by Gasteiger charge is 2.55. The Morgan fingerprint density at radius 3 is 2.58 bits per heavy atom. The van der Waals surface area contributed by atoms with Crippen LogP contribution in [0.2, 0.25) is 0 Å². The molecule has 0 bridgehead atoms. The molecule has 2 heterocycles. The molecule has 4 rings (SSSR count). The molecule has 1 saturated carbocycles. The number of nitrogens with one attached hydrogen (secondary N) is 1. The van der Waals surface area contributed by atoms with Crippen molar-refractivity contribution in [3.05, 3.63) is 54.4 Å². The quantitative estimate of drug-likeness (QED) is 0.541. The van der Waals surface area contributed by atoms with Crippen molar-refractivity contribution < 1.29 is 17.9 Å². The van der Waals surface area contributed by atoms with E-state index < -0.39 is 21.3 Å². The molecule has 0 atom stereocenters. The van der Waals surface area contributed by atoms with E-state index in [-0.39, 0.29) is 4.90 Å². The van der Waals surface area contributed by atoms with Crippen molar-refractivity contribution in [3.8, 4) is 5.88 Å². The van der Waals surface area contributed by atoms with Crippen LogP contribution >= 0.6 is 0 Å². The summed E-state index contributed by atoms with van der Waals surface area (Å²) in [4.78, 5) is 24.1. The van der Waals surface area contributed by atoms with Crippen molar-refractivity contribution in [1.82, 2.24) is 14.7 Å². The lowest BCUT2D eigenvalue weighted by Gasteiger charge is -2.23. The Morgan fingerprint density at radius 1 is 1.15 bits per heavy atom. The zero-order chi connectivity index (χ0) is 23.8. The number of hydrogen-bond acceptors (Lipinski definition) is 7. The van der Waals surface area contributed by atoms with E-state index in [1.807, 2.05) is 38.9 Å². The first-order valence-corrected chi connectivity index (χ1v) is 12.3. The number of rotatable bonds is 8. The molecular weight excluding hydrogens is 440 g/mol. The summed E-state index contributed by atoms with van der Waals surface area (Å²) in [6, 6.07) is 11.8. The molecule has 1 aliphatic carbocycles. The molecule has 1 N–H and O–H groups in total. The van der Waals surface area contributed by atoms with Gasteiger partial charge in [0.05, 0.1) is 33.8 Å². The van der Waals surface area contributed by atoms with Crippen LogP contribution in [0, 0.1) is 5.92 Å². The highest BCUT2D eigenvalue weighted by molar-refractivity contribution is 7.90. The molecule has 0 aliphatic heterocycles. The van der Waals surface area contributed by atoms with Crippen molar-refractivity contribution in [2.45, 2.75) is 37.0 Å². The van der Waals surface area contributed by atoms with Crippen molar-refractivity contribution in [2.75, 3.05) is 25.6 Å². The minimum absolute atomic E-state index is 0.0204. The summed E-state index contributed by atoms with van der Waals surface area (Å²) in [6.45, 7) is 4.58. The second kappa shape index (κ2) is 8.62. The van der Waals surface area contributed by atoms with Gasteiger partial charge < -0.3 is 9.64 Å². The van der Waals surface area contributed by atoms with Crippen LogP contribution in [0.15, 0.2) is 53.6 Å². The number of ether oxygens (including phenoxy) is 1. The third-order valence-electron chi connectivity index (χ3n) is 5.65. The fourth-order valence-electron chi connectivity index (χ4n) is 3.76. The Bertz CT molecular complexity index is 1300. The van der Waals surface area contributed by atoms with E-state index in [0.717, 1.165) is 5.69 Å². The topological polar surface area (TPSA) is 101 Å². The molecule has 1 fully saturated rings. The van der Waals surface area contributed by atoms with Crippen LogP contribution in [0.5, 0.6) is 5.88 Å². The lowest BCUT2D eigenvalue weighted by Crippen LogP contribution is -2.40. The number of carbonyl (C=O) groups is 1. The van der Waals surface area contributed by atoms with E-state index in [2.05, 4.69) is 14.7 Å². The molecule has 0 unspecified atom stereocenters. The maximum absolute atomic E-state index is 13.4. The fourth-order valence-corrected chi connectivity index (χ4v) is 5.03. The summed E-state index contributed by atoms with van der Waals surface area (Å²) >= 11 is 0. The number of aromatic nitrogens is 2. The molecular formula is C24H28N4O4S. The van der Waals surface area contributed by atoms with Gasteiger partial charge >= 0.3 is 0 Å². The summed E-state index contributed by atoms with van der Waals surface area (Å²) in [5.41, 5.74) is 0.806. The first-order valence-electron chi connectivity index (χ1n) is 10.9. The summed E-state index contributed by atoms with van der Waals surface area (Å²) in [5.74, 6) is 0.161. The molecule has 1 aliphatic rings. The summed E-state index contributed by atoms with van der Waals surface area (Å²) in [6.07, 6.45) is 2.61. The second-order valence-corrected chi connectivity index (χ2v) is 10.6. The SMILES string of the molecule is CC(C)COc1ccc(N(C)C)c(C2(C(=O)NS(=O)(=O)c3cccc4ncccc34)CC2)n1. The Kier molecular flexibility index (Phi) is 6.00. The molecule has 8 nitrogen and oxygen atoms in total. The average Bonchev–Trinajstić information content (AvgIpc) is 3.59. The number of hydrogen-bond donors (Lipinski definition) is 1. The zero-order valence-electron chi connectivity index (χ0n) is 19.2. The smallest absolute Gasteiger partial charge is 0.264 e. The monoisotopic (exact) mass is 468 g/mol. The third-order valence-corrected chi connectivity index (χ3v) is 7.04. The predicted octanol–water partition coefficient (Wildman–Crippen LogP) is 3.27. The molecule has 174 valence electrons. The van der Waals surface area contributed by atoms with E-state index >= 15 is 0 Å². The Hall–Kier alpha value is -3.20. The number of sulfonamides is 1. The van der Waals surface area contributed by atoms with Gasteiger partial charge in [0.15, 0.2) is 0 Å². The average molecular weight is 469 g/mol. The Balaban J connectivity index is 1.68. The van der Waals surface area contributed by atoms with Gasteiger partial charge in [-0.25, -0.2) is 18.1 Å². The molecule has 0 spiro atoms. The normalized spacial score (nSPS) is 14.8. The number of anilines is 1. The largest absolute Gasteiger partial charge is 0.477 e. The van der Waals surface area contributed by atoms with Crippen LogP contribution in [-0.2, 0) is 20.2 Å². The van der Waals surface area contributed by atoms with Crippen LogP contribution in [0.4, 0.5) is 5.69 Å². The maximum Gasteiger partial charge on any atom is 0.264 e. The number of nitrogens with zero attached hydrogens (tertiary/aromatic N) is 3. The molecule has 2 aromatic heterocycles. The summed E-state index contributed by atoms with van der Waals surface area (Å²) < 4.78 is 34.5. The van der Waals surface area contributed by atoms with Gasteiger partial charge in [-0.2, -0.15) is 0 Å². The van der Waals surface area contributed by atoms with Crippen LogP contribution in [0.1, 0.15) is 32.4 Å². The Morgan fingerprint density at radius 2 is 1.91 bits per heavy atom. The van der Waals surface area contributed by atoms with Gasteiger partial charge in [-0.05, 0) is 49.1 Å². The molecule has 0 saturated heterocycles. The van der Waals surface area contributed by atoms with Gasteiger partial charge in [-0.15, -0.1) is 0 Å². The van der Waals surface area contributed by atoms with E-state index in [1.165, 1.54) is 6.07 Å². The van der Waals surface area contributed by atoms with Crippen molar-refractivity contribution in [3.63, 3.8) is 0 Å². The van der Waals surface area contributed by atoms with E-state index in [1.54, 1.807) is 36.5 Å². The standard InChI is InChI=1S/C24H28N4O4S/c1-16(2)15-32-21-11-10-19(28(3)4)22(26-21)24(12-13-24)23(29)27-33(30,31)20-9-5-8-18-17(20)7-6-14-25-18/h5-11,14,16H,12-13,15H2,1-4H3,(H,27,29). The number of benzene rings is 1. The van der Waals surface area contributed by atoms with Gasteiger partial charge in [-0.3, -0.25) is 9.78 Å².